The van der Waals surface area contributed by atoms with Gasteiger partial charge < -0.3 is 3.88 Å². The molecule has 0 aliphatic rings. The second kappa shape index (κ2) is 9.26. The Morgan fingerprint density at radius 2 is 1.72 bits per heavy atom. The van der Waals surface area contributed by atoms with Gasteiger partial charge in [0.15, 0.2) is 0 Å². The van der Waals surface area contributed by atoms with Gasteiger partial charge >= 0.3 is 12.5 Å². The third-order valence-corrected chi connectivity index (χ3v) is 5.19. The number of hydrogen-bond donors (Lipinski definition) is 0. The Labute approximate surface area is 125 Å². The SMILES string of the molecule is CCC(/C=C(/CC)[N](C(C)C)[Al]([Cl])[Cl])=NC(C)C. The average molecular weight is 307 g/mol. The van der Waals surface area contributed by atoms with Crippen molar-refractivity contribution in [2.75, 3.05) is 0 Å². The van der Waals surface area contributed by atoms with Crippen LogP contribution in [0.15, 0.2) is 16.8 Å². The van der Waals surface area contributed by atoms with Gasteiger partial charge in [0.1, 0.15) is 0 Å². The maximum atomic E-state index is 6.19. The van der Waals surface area contributed by atoms with Gasteiger partial charge in [-0.2, -0.15) is 0 Å². The summed E-state index contributed by atoms with van der Waals surface area (Å²) < 4.78 is 2.16. The van der Waals surface area contributed by atoms with Crippen molar-refractivity contribution in [2.24, 2.45) is 4.99 Å². The van der Waals surface area contributed by atoms with E-state index < -0.39 is 12.5 Å². The van der Waals surface area contributed by atoms with Gasteiger partial charge in [-0.3, -0.25) is 4.99 Å². The smallest absolute Gasteiger partial charge is 0.439 e. The summed E-state index contributed by atoms with van der Waals surface area (Å²) in [5.41, 5.74) is 2.32. The normalized spacial score (nSPS) is 13.4. The van der Waals surface area contributed by atoms with Crippen LogP contribution >= 0.6 is 20.1 Å². The Hall–Kier alpha value is 0.322. The van der Waals surface area contributed by atoms with E-state index in [9.17, 15) is 0 Å². The summed E-state index contributed by atoms with van der Waals surface area (Å²) in [6.45, 7) is 12.7. The summed E-state index contributed by atoms with van der Waals surface area (Å²) in [5, 5.41) is 0. The zero-order valence-electron chi connectivity index (χ0n) is 12.4. The van der Waals surface area contributed by atoms with E-state index in [2.05, 4.69) is 56.5 Å². The van der Waals surface area contributed by atoms with Crippen molar-refractivity contribution in [3.8, 4) is 0 Å². The Morgan fingerprint density at radius 1 is 1.17 bits per heavy atom. The van der Waals surface area contributed by atoms with Gasteiger partial charge in [-0.25, -0.2) is 20.1 Å². The van der Waals surface area contributed by atoms with Crippen LogP contribution in [0.5, 0.6) is 0 Å². The van der Waals surface area contributed by atoms with Crippen LogP contribution < -0.4 is 0 Å². The second-order valence-electron chi connectivity index (χ2n) is 4.84. The third-order valence-electron chi connectivity index (χ3n) is 2.58. The highest BCUT2D eigenvalue weighted by Crippen LogP contribution is 2.20. The van der Waals surface area contributed by atoms with E-state index in [1.54, 1.807) is 0 Å². The van der Waals surface area contributed by atoms with E-state index in [1.165, 1.54) is 5.70 Å². The van der Waals surface area contributed by atoms with Crippen molar-refractivity contribution >= 4 is 38.3 Å². The van der Waals surface area contributed by atoms with Gasteiger partial charge in [0.05, 0.1) is 0 Å². The molecule has 0 heterocycles. The molecule has 0 N–H and O–H groups in total. The molecule has 0 aromatic rings. The minimum absolute atomic E-state index is 0.321. The fourth-order valence-corrected chi connectivity index (χ4v) is 4.86. The molecule has 2 nitrogen and oxygen atoms in total. The molecule has 18 heavy (non-hydrogen) atoms. The van der Waals surface area contributed by atoms with Crippen LogP contribution in [0.3, 0.4) is 0 Å². The second-order valence-corrected chi connectivity index (χ2v) is 9.10. The molecule has 0 atom stereocenters. The number of aliphatic imine (C=N–C) groups is 1. The van der Waals surface area contributed by atoms with Gasteiger partial charge in [0, 0.05) is 17.8 Å². The average Bonchev–Trinajstić information content (AvgIpc) is 2.24. The first-order valence-corrected chi connectivity index (χ1v) is 10.7. The molecule has 0 amide bonds. The fraction of sp³-hybridized carbons (Fsp3) is 0.769. The van der Waals surface area contributed by atoms with E-state index in [0.717, 1.165) is 18.6 Å². The first kappa shape index (κ1) is 18.3. The summed E-state index contributed by atoms with van der Waals surface area (Å²) in [7, 11) is 12.4. The van der Waals surface area contributed by atoms with E-state index in [-0.39, 0.29) is 0 Å². The number of hydrogen-bond acceptors (Lipinski definition) is 2. The fourth-order valence-electron chi connectivity index (χ4n) is 1.80. The summed E-state index contributed by atoms with van der Waals surface area (Å²) in [4.78, 5) is 4.63. The molecule has 0 fully saturated rings. The highest BCUT2D eigenvalue weighted by molar-refractivity contribution is 7.32. The summed E-state index contributed by atoms with van der Waals surface area (Å²) in [5.74, 6) is 0. The largest absolute Gasteiger partial charge is 0.675 e. The highest BCUT2D eigenvalue weighted by Gasteiger charge is 2.27. The first-order valence-electron chi connectivity index (χ1n) is 6.67. The number of allylic oxidation sites excluding steroid dienone is 2. The lowest BCUT2D eigenvalue weighted by atomic mass is 10.2. The van der Waals surface area contributed by atoms with Crippen molar-refractivity contribution in [1.29, 1.82) is 0 Å². The Balaban J connectivity index is 5.26. The van der Waals surface area contributed by atoms with Crippen LogP contribution in [-0.4, -0.2) is 34.2 Å². The molecule has 0 aliphatic carbocycles. The molecule has 0 bridgehead atoms. The topological polar surface area (TPSA) is 15.6 Å². The Morgan fingerprint density at radius 3 is 2.00 bits per heavy atom. The van der Waals surface area contributed by atoms with Crippen LogP contribution in [0.1, 0.15) is 54.4 Å². The van der Waals surface area contributed by atoms with Gasteiger partial charge in [-0.05, 0) is 52.3 Å². The molecular formula is C13H25AlCl2N2. The summed E-state index contributed by atoms with van der Waals surface area (Å²) >= 11 is -1.87. The number of rotatable bonds is 7. The molecule has 0 saturated heterocycles. The molecule has 5 heteroatoms. The standard InChI is InChI=1S/C13H25N2.Al.2ClH/c1-7-12(14-10(3)4)9-13(8-2)15-11(5)6;;;/h9-11H,7-8H2,1-6H3;;2*1H/q-1;+3;;/p-2/b12-9-,15-13?;;;. The lowest BCUT2D eigenvalue weighted by Gasteiger charge is -2.31. The minimum Gasteiger partial charge on any atom is -0.439 e. The van der Waals surface area contributed by atoms with Crippen LogP contribution in [-0.2, 0) is 0 Å². The van der Waals surface area contributed by atoms with Crippen LogP contribution in [0.25, 0.3) is 0 Å². The van der Waals surface area contributed by atoms with E-state index >= 15 is 0 Å². The quantitative estimate of drug-likeness (QED) is 0.491. The lowest BCUT2D eigenvalue weighted by molar-refractivity contribution is 0.440. The van der Waals surface area contributed by atoms with Crippen LogP contribution in [0, 0.1) is 0 Å². The number of nitrogens with zero attached hydrogens (tertiary/aromatic N) is 2. The maximum absolute atomic E-state index is 6.19. The zero-order chi connectivity index (χ0) is 14.3. The molecule has 0 rings (SSSR count). The molecular weight excluding hydrogens is 282 g/mol. The Bertz CT molecular complexity index is 291. The van der Waals surface area contributed by atoms with Gasteiger partial charge in [-0.1, -0.05) is 13.8 Å². The van der Waals surface area contributed by atoms with Crippen molar-refractivity contribution in [3.63, 3.8) is 0 Å². The van der Waals surface area contributed by atoms with E-state index in [0.29, 0.717) is 12.1 Å². The molecule has 0 aromatic heterocycles. The zero-order valence-corrected chi connectivity index (χ0v) is 15.0. The predicted octanol–water partition coefficient (Wildman–Crippen LogP) is 4.71. The van der Waals surface area contributed by atoms with Crippen molar-refractivity contribution in [2.45, 2.75) is 66.5 Å². The van der Waals surface area contributed by atoms with Gasteiger partial charge in [-0.15, -0.1) is 0 Å². The lowest BCUT2D eigenvalue weighted by Crippen LogP contribution is -2.37. The maximum Gasteiger partial charge on any atom is 0.675 e. The summed E-state index contributed by atoms with van der Waals surface area (Å²) in [6, 6.07) is 0.655. The van der Waals surface area contributed by atoms with E-state index in [4.69, 9.17) is 20.1 Å². The van der Waals surface area contributed by atoms with Gasteiger partial charge in [0.2, 0.25) is 0 Å². The monoisotopic (exact) mass is 306 g/mol. The first-order chi connectivity index (χ1) is 8.33. The molecule has 0 spiro atoms. The minimum atomic E-state index is -1.87. The third kappa shape index (κ3) is 6.48. The van der Waals surface area contributed by atoms with Gasteiger partial charge in [0.25, 0.3) is 0 Å². The van der Waals surface area contributed by atoms with Crippen molar-refractivity contribution in [1.82, 2.24) is 3.88 Å². The molecule has 0 aliphatic heterocycles. The Kier molecular flexibility index (Phi) is 9.43. The highest BCUT2D eigenvalue weighted by atomic mass is 35.7. The molecule has 0 radical (unpaired) electrons. The predicted molar refractivity (Wildman–Crippen MR) is 85.7 cm³/mol. The van der Waals surface area contributed by atoms with Crippen molar-refractivity contribution in [3.05, 3.63) is 11.8 Å². The van der Waals surface area contributed by atoms with Crippen LogP contribution in [0.4, 0.5) is 0 Å². The molecule has 0 saturated carbocycles. The molecule has 0 aromatic carbocycles. The van der Waals surface area contributed by atoms with E-state index in [1.807, 2.05) is 0 Å². The molecule has 0 unspecified atom stereocenters. The molecule has 104 valence electrons. The summed E-state index contributed by atoms with van der Waals surface area (Å²) in [6.07, 6.45) is 4.02. The number of halogens is 2. The van der Waals surface area contributed by atoms with Crippen molar-refractivity contribution < 1.29 is 0 Å². The van der Waals surface area contributed by atoms with Crippen LogP contribution in [0.2, 0.25) is 0 Å².